The van der Waals surface area contributed by atoms with Gasteiger partial charge in [0.25, 0.3) is 5.91 Å². The van der Waals surface area contributed by atoms with Gasteiger partial charge in [-0.25, -0.2) is 9.97 Å². The first kappa shape index (κ1) is 23.1. The van der Waals surface area contributed by atoms with E-state index in [9.17, 15) is 9.59 Å². The van der Waals surface area contributed by atoms with Crippen LogP contribution in [0.4, 0.5) is 0 Å². The van der Waals surface area contributed by atoms with Crippen LogP contribution in [-0.4, -0.2) is 61.2 Å². The Bertz CT molecular complexity index is 1570. The molecule has 1 unspecified atom stereocenters. The van der Waals surface area contributed by atoms with Gasteiger partial charge in [0, 0.05) is 55.7 Å². The summed E-state index contributed by atoms with van der Waals surface area (Å²) >= 11 is 0. The lowest BCUT2D eigenvalue weighted by Crippen LogP contribution is -2.30. The van der Waals surface area contributed by atoms with Crippen LogP contribution >= 0.6 is 0 Å². The summed E-state index contributed by atoms with van der Waals surface area (Å²) in [5.74, 6) is 0.723. The zero-order valence-corrected chi connectivity index (χ0v) is 20.8. The van der Waals surface area contributed by atoms with Gasteiger partial charge in [-0.15, -0.1) is 0 Å². The van der Waals surface area contributed by atoms with Gasteiger partial charge >= 0.3 is 0 Å². The Morgan fingerprint density at radius 3 is 2.81 bits per heavy atom. The van der Waals surface area contributed by atoms with Crippen LogP contribution < -0.4 is 5.32 Å². The van der Waals surface area contributed by atoms with Crippen LogP contribution in [0.15, 0.2) is 47.4 Å². The molecule has 1 fully saturated rings. The van der Waals surface area contributed by atoms with E-state index in [0.29, 0.717) is 47.8 Å². The predicted octanol–water partition coefficient (Wildman–Crippen LogP) is 3.91. The number of rotatable bonds is 7. The summed E-state index contributed by atoms with van der Waals surface area (Å²) in [7, 11) is 0. The zero-order valence-electron chi connectivity index (χ0n) is 20.8. The molecular weight excluding hydrogens is 468 g/mol. The van der Waals surface area contributed by atoms with Gasteiger partial charge in [0.1, 0.15) is 11.2 Å². The average Bonchev–Trinajstić information content (AvgIpc) is 3.55. The zero-order chi connectivity index (χ0) is 25.5. The molecule has 188 valence electrons. The number of aromatic nitrogens is 5. The molecule has 0 bridgehead atoms. The first-order chi connectivity index (χ1) is 18.1. The molecule has 10 heteroatoms. The van der Waals surface area contributed by atoms with Crippen molar-refractivity contribution < 1.29 is 9.59 Å². The fourth-order valence-electron chi connectivity index (χ4n) is 4.77. The second kappa shape index (κ2) is 9.27. The minimum absolute atomic E-state index is 0.0203. The number of hydrogen-bond acceptors (Lipinski definition) is 6. The lowest BCUT2D eigenvalue weighted by atomic mass is 9.94. The van der Waals surface area contributed by atoms with Crippen molar-refractivity contribution in [1.82, 2.24) is 35.4 Å². The van der Waals surface area contributed by atoms with Crippen LogP contribution in [0, 0.1) is 5.92 Å². The number of allylic oxidation sites excluding steroid dienone is 1. The van der Waals surface area contributed by atoms with Crippen molar-refractivity contribution in [2.24, 2.45) is 10.9 Å². The number of amides is 2. The highest BCUT2D eigenvalue weighted by Gasteiger charge is 2.30. The molecule has 37 heavy (non-hydrogen) atoms. The molecule has 1 saturated carbocycles. The number of imidazole rings is 1. The number of aromatic amines is 2. The number of fused-ring (bicyclic) bond motifs is 2. The molecule has 0 saturated heterocycles. The van der Waals surface area contributed by atoms with Crippen molar-refractivity contribution in [3.8, 4) is 11.5 Å². The summed E-state index contributed by atoms with van der Waals surface area (Å²) in [6.07, 6.45) is 7.97. The Hall–Kier alpha value is -4.34. The molecular formula is C27H28N8O2. The fourth-order valence-corrected chi connectivity index (χ4v) is 4.77. The summed E-state index contributed by atoms with van der Waals surface area (Å²) in [4.78, 5) is 44.1. The molecule has 0 radical (unpaired) electrons. The number of carbonyl (C=O) groups excluding carboxylic acids is 2. The van der Waals surface area contributed by atoms with E-state index in [1.807, 2.05) is 50.5 Å². The highest BCUT2D eigenvalue weighted by atomic mass is 16.2. The van der Waals surface area contributed by atoms with E-state index >= 15 is 0 Å². The molecule has 3 N–H and O–H groups in total. The highest BCUT2D eigenvalue weighted by molar-refractivity contribution is 6.05. The van der Waals surface area contributed by atoms with Crippen LogP contribution in [0.3, 0.4) is 0 Å². The third kappa shape index (κ3) is 4.28. The molecule has 6 rings (SSSR count). The van der Waals surface area contributed by atoms with E-state index in [2.05, 4.69) is 30.5 Å². The third-order valence-electron chi connectivity index (χ3n) is 7.05. The molecule has 4 aromatic rings. The Morgan fingerprint density at radius 2 is 2.03 bits per heavy atom. The molecule has 3 aromatic heterocycles. The Labute approximate surface area is 213 Å². The van der Waals surface area contributed by atoms with Crippen molar-refractivity contribution in [1.29, 1.82) is 0 Å². The van der Waals surface area contributed by atoms with E-state index < -0.39 is 0 Å². The van der Waals surface area contributed by atoms with Gasteiger partial charge in [-0.3, -0.25) is 19.7 Å². The Kier molecular flexibility index (Phi) is 5.78. The van der Waals surface area contributed by atoms with Gasteiger partial charge in [-0.05, 0) is 50.5 Å². The summed E-state index contributed by atoms with van der Waals surface area (Å²) in [6, 6.07) is 7.62. The van der Waals surface area contributed by atoms with Gasteiger partial charge in [0.2, 0.25) is 5.91 Å². The lowest BCUT2D eigenvalue weighted by Gasteiger charge is -2.18. The summed E-state index contributed by atoms with van der Waals surface area (Å²) in [5, 5.41) is 11.3. The van der Waals surface area contributed by atoms with Crippen LogP contribution in [0.1, 0.15) is 54.9 Å². The molecule has 1 atom stereocenters. The number of nitrogens with one attached hydrogen (secondary N) is 3. The normalized spacial score (nSPS) is 17.2. The van der Waals surface area contributed by atoms with Crippen molar-refractivity contribution >= 4 is 40.1 Å². The maximum Gasteiger partial charge on any atom is 0.256 e. The molecule has 10 nitrogen and oxygen atoms in total. The average molecular weight is 497 g/mol. The maximum atomic E-state index is 13.1. The number of aliphatic imine (C=N–C) groups is 1. The highest BCUT2D eigenvalue weighted by Crippen LogP contribution is 2.32. The van der Waals surface area contributed by atoms with Crippen LogP contribution in [-0.2, 0) is 4.79 Å². The SMILES string of the molecule is CCN(CC)C(=O)c1cccc2[nH]c(-c3n[nH]c4ncc(C5C=NC=C(NC(=O)C6CC6)C5)cc34)nc12. The minimum Gasteiger partial charge on any atom is -0.339 e. The van der Waals surface area contributed by atoms with Crippen molar-refractivity contribution in [3.05, 3.63) is 53.5 Å². The van der Waals surface area contributed by atoms with Gasteiger partial charge in [-0.2, -0.15) is 5.10 Å². The number of para-hydroxylation sites is 1. The van der Waals surface area contributed by atoms with Gasteiger partial charge in [-0.1, -0.05) is 6.07 Å². The smallest absolute Gasteiger partial charge is 0.256 e. The standard InChI is InChI=1S/C27H28N8O2/c1-3-35(4-2)27(37)19-6-5-7-21-22(19)32-25(31-21)23-20-11-17(13-29-24(20)34-33-23)16-10-18(14-28-12-16)30-26(36)15-8-9-15/h5-7,11-16H,3-4,8-10H2,1-2H3,(H,30,36)(H,31,32)(H,29,33,34). The molecule has 1 aliphatic carbocycles. The summed E-state index contributed by atoms with van der Waals surface area (Å²) in [5.41, 5.74) is 5.02. The lowest BCUT2D eigenvalue weighted by molar-refractivity contribution is -0.121. The molecule has 2 amide bonds. The fraction of sp³-hybridized carbons (Fsp3) is 0.333. The van der Waals surface area contributed by atoms with E-state index in [1.165, 1.54) is 0 Å². The first-order valence-corrected chi connectivity index (χ1v) is 12.7. The third-order valence-corrected chi connectivity index (χ3v) is 7.05. The second-order valence-electron chi connectivity index (χ2n) is 9.53. The summed E-state index contributed by atoms with van der Waals surface area (Å²) < 4.78 is 0. The van der Waals surface area contributed by atoms with E-state index in [4.69, 9.17) is 4.98 Å². The number of pyridine rings is 1. The quantitative estimate of drug-likeness (QED) is 0.357. The topological polar surface area (TPSA) is 132 Å². The number of benzene rings is 1. The molecule has 1 aromatic carbocycles. The van der Waals surface area contributed by atoms with Crippen LogP contribution in [0.2, 0.25) is 0 Å². The predicted molar refractivity (Wildman–Crippen MR) is 141 cm³/mol. The maximum absolute atomic E-state index is 13.1. The Balaban J connectivity index is 1.32. The van der Waals surface area contributed by atoms with Gasteiger partial charge in [0.05, 0.1) is 16.5 Å². The number of carbonyl (C=O) groups is 2. The Morgan fingerprint density at radius 1 is 1.19 bits per heavy atom. The largest absolute Gasteiger partial charge is 0.339 e. The number of nitrogens with zero attached hydrogens (tertiary/aromatic N) is 5. The summed E-state index contributed by atoms with van der Waals surface area (Å²) in [6.45, 7) is 5.20. The van der Waals surface area contributed by atoms with Crippen molar-refractivity contribution in [2.45, 2.75) is 39.0 Å². The van der Waals surface area contributed by atoms with Gasteiger partial charge in [0.15, 0.2) is 11.5 Å². The number of H-pyrrole nitrogens is 2. The van der Waals surface area contributed by atoms with Crippen molar-refractivity contribution in [3.63, 3.8) is 0 Å². The van der Waals surface area contributed by atoms with E-state index in [-0.39, 0.29) is 23.7 Å². The van der Waals surface area contributed by atoms with Crippen LogP contribution in [0.25, 0.3) is 33.6 Å². The van der Waals surface area contributed by atoms with Crippen molar-refractivity contribution in [2.75, 3.05) is 13.1 Å². The molecule has 4 heterocycles. The first-order valence-electron chi connectivity index (χ1n) is 12.7. The number of hydrogen-bond donors (Lipinski definition) is 3. The molecule has 1 aliphatic heterocycles. The van der Waals surface area contributed by atoms with E-state index in [1.54, 1.807) is 11.1 Å². The van der Waals surface area contributed by atoms with Gasteiger partial charge < -0.3 is 15.2 Å². The monoisotopic (exact) mass is 496 g/mol. The van der Waals surface area contributed by atoms with E-state index in [0.717, 1.165) is 35.0 Å². The van der Waals surface area contributed by atoms with Crippen LogP contribution in [0.5, 0.6) is 0 Å². The molecule has 0 spiro atoms. The second-order valence-corrected chi connectivity index (χ2v) is 9.53. The minimum atomic E-state index is -0.0429. The molecule has 2 aliphatic rings.